The van der Waals surface area contributed by atoms with Gasteiger partial charge in [-0.3, -0.25) is 0 Å². The van der Waals surface area contributed by atoms with Crippen LogP contribution >= 0.6 is 11.3 Å². The van der Waals surface area contributed by atoms with E-state index < -0.39 is 0 Å². The lowest BCUT2D eigenvalue weighted by Crippen LogP contribution is -2.35. The van der Waals surface area contributed by atoms with Crippen LogP contribution in [0, 0.1) is 0 Å². The predicted molar refractivity (Wildman–Crippen MR) is 60.5 cm³/mol. The molecular formula is C11H19NS. The highest BCUT2D eigenvalue weighted by molar-refractivity contribution is 7.07. The molecule has 0 saturated heterocycles. The van der Waals surface area contributed by atoms with Crippen molar-refractivity contribution in [3.05, 3.63) is 22.4 Å². The number of hydrogen-bond acceptors (Lipinski definition) is 2. The predicted octanol–water partition coefficient (Wildman–Crippen LogP) is 3.24. The average Bonchev–Trinajstić information content (AvgIpc) is 2.53. The molecule has 1 heterocycles. The van der Waals surface area contributed by atoms with Crippen molar-refractivity contribution < 1.29 is 0 Å². The summed E-state index contributed by atoms with van der Waals surface area (Å²) in [6.45, 7) is 8.91. The van der Waals surface area contributed by atoms with Gasteiger partial charge < -0.3 is 5.32 Å². The third kappa shape index (κ3) is 3.12. The minimum absolute atomic E-state index is 0.551. The molecule has 2 atom stereocenters. The maximum Gasteiger partial charge on any atom is 0.0107 e. The average molecular weight is 197 g/mol. The van der Waals surface area contributed by atoms with E-state index in [1.54, 1.807) is 11.3 Å². The van der Waals surface area contributed by atoms with Crippen LogP contribution in [0.25, 0.3) is 0 Å². The normalized spacial score (nSPS) is 16.1. The Kier molecular flexibility index (Phi) is 3.94. The molecule has 0 bridgehead atoms. The Morgan fingerprint density at radius 3 is 2.38 bits per heavy atom. The Hall–Kier alpha value is -0.340. The molecule has 2 unspecified atom stereocenters. The van der Waals surface area contributed by atoms with Crippen LogP contribution in [-0.2, 0) is 0 Å². The molecule has 0 aliphatic carbocycles. The molecule has 1 N–H and O–H groups in total. The highest BCUT2D eigenvalue weighted by Crippen LogP contribution is 2.21. The van der Waals surface area contributed by atoms with E-state index in [-0.39, 0.29) is 0 Å². The molecule has 0 radical (unpaired) electrons. The number of rotatable bonds is 4. The summed E-state index contributed by atoms with van der Waals surface area (Å²) in [6, 6.07) is 3.33. The molecule has 1 rings (SSSR count). The third-order valence-electron chi connectivity index (χ3n) is 2.42. The number of hydrogen-bond donors (Lipinski definition) is 1. The molecule has 1 aromatic heterocycles. The quantitative estimate of drug-likeness (QED) is 0.781. The molecule has 13 heavy (non-hydrogen) atoms. The number of nitrogens with one attached hydrogen (secondary N) is 1. The highest BCUT2D eigenvalue weighted by Gasteiger charge is 2.14. The molecule has 1 aromatic rings. The first kappa shape index (κ1) is 10.7. The van der Waals surface area contributed by atoms with Crippen molar-refractivity contribution in [2.45, 2.75) is 45.7 Å². The summed E-state index contributed by atoms with van der Waals surface area (Å²) in [7, 11) is 0. The fourth-order valence-electron chi connectivity index (χ4n) is 1.49. The van der Waals surface area contributed by atoms with E-state index in [2.05, 4.69) is 49.8 Å². The molecule has 74 valence electrons. The zero-order chi connectivity index (χ0) is 9.84. The molecular weight excluding hydrogens is 178 g/mol. The van der Waals surface area contributed by atoms with Crippen LogP contribution < -0.4 is 5.32 Å². The maximum atomic E-state index is 3.54. The fraction of sp³-hybridized carbons (Fsp3) is 0.636. The van der Waals surface area contributed by atoms with Gasteiger partial charge in [0.05, 0.1) is 0 Å². The van der Waals surface area contributed by atoms with E-state index in [1.807, 2.05) is 0 Å². The molecule has 0 amide bonds. The molecule has 1 nitrogen and oxygen atoms in total. The largest absolute Gasteiger partial charge is 0.311 e. The summed E-state index contributed by atoms with van der Waals surface area (Å²) >= 11 is 1.78. The lowest BCUT2D eigenvalue weighted by Gasteiger charge is -2.22. The van der Waals surface area contributed by atoms with Crippen molar-refractivity contribution in [2.75, 3.05) is 0 Å². The van der Waals surface area contributed by atoms with E-state index in [4.69, 9.17) is 0 Å². The van der Waals surface area contributed by atoms with Crippen molar-refractivity contribution >= 4 is 11.3 Å². The highest BCUT2D eigenvalue weighted by atomic mass is 32.1. The van der Waals surface area contributed by atoms with E-state index in [9.17, 15) is 0 Å². The van der Waals surface area contributed by atoms with Crippen LogP contribution in [0.5, 0.6) is 0 Å². The van der Waals surface area contributed by atoms with Gasteiger partial charge in [0.15, 0.2) is 0 Å². The second kappa shape index (κ2) is 4.77. The maximum absolute atomic E-state index is 3.54. The summed E-state index contributed by atoms with van der Waals surface area (Å²) in [6.07, 6.45) is 0. The van der Waals surface area contributed by atoms with Gasteiger partial charge in [-0.05, 0) is 35.2 Å². The Morgan fingerprint density at radius 1 is 1.23 bits per heavy atom. The van der Waals surface area contributed by atoms with Crippen molar-refractivity contribution in [3.63, 3.8) is 0 Å². The van der Waals surface area contributed by atoms with Crippen molar-refractivity contribution in [1.29, 1.82) is 0 Å². The van der Waals surface area contributed by atoms with Crippen molar-refractivity contribution in [2.24, 2.45) is 0 Å². The van der Waals surface area contributed by atoms with Gasteiger partial charge in [-0.15, -0.1) is 0 Å². The standard InChI is InChI=1S/C11H19NS/c1-8(2)12-10(4)9(3)11-5-6-13-7-11/h5-10,12H,1-4H3. The van der Waals surface area contributed by atoms with E-state index >= 15 is 0 Å². The van der Waals surface area contributed by atoms with Gasteiger partial charge in [0.2, 0.25) is 0 Å². The number of thiophene rings is 1. The van der Waals surface area contributed by atoms with E-state index in [0.29, 0.717) is 18.0 Å². The fourth-order valence-corrected chi connectivity index (χ4v) is 2.26. The summed E-state index contributed by atoms with van der Waals surface area (Å²) in [4.78, 5) is 0. The molecule has 0 spiro atoms. The summed E-state index contributed by atoms with van der Waals surface area (Å²) in [5.41, 5.74) is 1.45. The van der Waals surface area contributed by atoms with Crippen LogP contribution in [0.3, 0.4) is 0 Å². The second-order valence-corrected chi connectivity index (χ2v) is 4.74. The smallest absolute Gasteiger partial charge is 0.0107 e. The van der Waals surface area contributed by atoms with Gasteiger partial charge in [-0.1, -0.05) is 20.8 Å². The zero-order valence-corrected chi connectivity index (χ0v) is 9.69. The van der Waals surface area contributed by atoms with Crippen LogP contribution in [0.4, 0.5) is 0 Å². The topological polar surface area (TPSA) is 12.0 Å². The molecule has 2 heteroatoms. The van der Waals surface area contributed by atoms with Crippen LogP contribution in [0.2, 0.25) is 0 Å². The molecule has 0 aliphatic heterocycles. The summed E-state index contributed by atoms with van der Waals surface area (Å²) in [5, 5.41) is 7.92. The SMILES string of the molecule is CC(C)NC(C)C(C)c1ccsc1. The minimum atomic E-state index is 0.551. The minimum Gasteiger partial charge on any atom is -0.311 e. The lowest BCUT2D eigenvalue weighted by atomic mass is 9.97. The second-order valence-electron chi connectivity index (χ2n) is 3.96. The Bertz CT molecular complexity index is 228. The molecule has 0 aromatic carbocycles. The van der Waals surface area contributed by atoms with Gasteiger partial charge >= 0.3 is 0 Å². The lowest BCUT2D eigenvalue weighted by molar-refractivity contribution is 0.440. The van der Waals surface area contributed by atoms with Crippen molar-refractivity contribution in [3.8, 4) is 0 Å². The van der Waals surface area contributed by atoms with Crippen molar-refractivity contribution in [1.82, 2.24) is 5.32 Å². The summed E-state index contributed by atoms with van der Waals surface area (Å²) in [5.74, 6) is 0.605. The van der Waals surface area contributed by atoms with Gasteiger partial charge in [0.1, 0.15) is 0 Å². The van der Waals surface area contributed by atoms with Crippen LogP contribution in [0.15, 0.2) is 16.8 Å². The third-order valence-corrected chi connectivity index (χ3v) is 3.12. The van der Waals surface area contributed by atoms with Gasteiger partial charge in [0.25, 0.3) is 0 Å². The Morgan fingerprint density at radius 2 is 1.92 bits per heavy atom. The molecule has 0 aliphatic rings. The Labute approximate surface area is 85.2 Å². The monoisotopic (exact) mass is 197 g/mol. The zero-order valence-electron chi connectivity index (χ0n) is 8.87. The molecule has 0 saturated carbocycles. The first-order valence-corrected chi connectivity index (χ1v) is 5.83. The van der Waals surface area contributed by atoms with Crippen LogP contribution in [-0.4, -0.2) is 12.1 Å². The van der Waals surface area contributed by atoms with E-state index in [0.717, 1.165) is 0 Å². The van der Waals surface area contributed by atoms with Gasteiger partial charge in [-0.2, -0.15) is 11.3 Å². The Balaban J connectivity index is 2.52. The van der Waals surface area contributed by atoms with Crippen LogP contribution in [0.1, 0.15) is 39.2 Å². The van der Waals surface area contributed by atoms with E-state index in [1.165, 1.54) is 5.56 Å². The summed E-state index contributed by atoms with van der Waals surface area (Å²) < 4.78 is 0. The first-order chi connectivity index (χ1) is 6.11. The van der Waals surface area contributed by atoms with Gasteiger partial charge in [0, 0.05) is 12.1 Å². The van der Waals surface area contributed by atoms with Gasteiger partial charge in [-0.25, -0.2) is 0 Å². The molecule has 0 fully saturated rings. The first-order valence-electron chi connectivity index (χ1n) is 4.89.